The molecule has 0 aliphatic carbocycles. The van der Waals surface area contributed by atoms with Crippen molar-refractivity contribution in [1.29, 1.82) is 0 Å². The lowest BCUT2D eigenvalue weighted by Crippen LogP contribution is -2.31. The maximum Gasteiger partial charge on any atom is 0.123 e. The predicted octanol–water partition coefficient (Wildman–Crippen LogP) is 2.36. The van der Waals surface area contributed by atoms with Gasteiger partial charge in [-0.15, -0.1) is 0 Å². The maximum atomic E-state index is 12.7. The van der Waals surface area contributed by atoms with Crippen molar-refractivity contribution in [2.45, 2.75) is 12.6 Å². The minimum absolute atomic E-state index is 0.174. The molecule has 0 aliphatic rings. The van der Waals surface area contributed by atoms with E-state index in [9.17, 15) is 9.50 Å². The van der Waals surface area contributed by atoms with Crippen LogP contribution in [0, 0.1) is 5.82 Å². The highest BCUT2D eigenvalue weighted by Gasteiger charge is 2.05. The molecule has 0 aromatic heterocycles. The van der Waals surface area contributed by atoms with E-state index in [2.05, 4.69) is 5.32 Å². The molecule has 0 spiro atoms. The average molecular weight is 275 g/mol. The van der Waals surface area contributed by atoms with E-state index >= 15 is 0 Å². The molecule has 0 heterocycles. The molecular formula is C16H18FNO2. The average Bonchev–Trinajstić information content (AvgIpc) is 2.48. The molecule has 0 unspecified atom stereocenters. The Morgan fingerprint density at radius 2 is 1.75 bits per heavy atom. The van der Waals surface area contributed by atoms with Gasteiger partial charge in [0.2, 0.25) is 0 Å². The monoisotopic (exact) mass is 275 g/mol. The second-order valence-corrected chi connectivity index (χ2v) is 4.54. The largest absolute Gasteiger partial charge is 0.491 e. The van der Waals surface area contributed by atoms with Crippen LogP contribution in [0.15, 0.2) is 54.6 Å². The van der Waals surface area contributed by atoms with Crippen LogP contribution in [0.3, 0.4) is 0 Å². The summed E-state index contributed by atoms with van der Waals surface area (Å²) in [5.74, 6) is 0.246. The van der Waals surface area contributed by atoms with Gasteiger partial charge in [0.1, 0.15) is 24.3 Å². The Balaban J connectivity index is 1.65. The Morgan fingerprint density at radius 3 is 2.45 bits per heavy atom. The number of benzene rings is 2. The summed E-state index contributed by atoms with van der Waals surface area (Å²) in [5.41, 5.74) is 1.17. The highest BCUT2D eigenvalue weighted by molar-refractivity contribution is 5.22. The van der Waals surface area contributed by atoms with Crippen LogP contribution in [0.4, 0.5) is 4.39 Å². The second kappa shape index (κ2) is 7.62. The van der Waals surface area contributed by atoms with Crippen molar-refractivity contribution in [3.05, 3.63) is 66.0 Å². The zero-order chi connectivity index (χ0) is 14.2. The lowest BCUT2D eigenvalue weighted by molar-refractivity contribution is 0.106. The summed E-state index contributed by atoms with van der Waals surface area (Å²) in [5, 5.41) is 12.9. The number of rotatable bonds is 7. The van der Waals surface area contributed by atoms with Gasteiger partial charge in [-0.1, -0.05) is 30.3 Å². The fourth-order valence-corrected chi connectivity index (χ4v) is 1.76. The Kier molecular flexibility index (Phi) is 5.53. The molecule has 20 heavy (non-hydrogen) atoms. The number of ether oxygens (including phenoxy) is 1. The van der Waals surface area contributed by atoms with Crippen molar-refractivity contribution in [1.82, 2.24) is 5.32 Å². The first-order chi connectivity index (χ1) is 9.74. The minimum atomic E-state index is -0.608. The maximum absolute atomic E-state index is 12.7. The third-order valence-corrected chi connectivity index (χ3v) is 2.81. The van der Waals surface area contributed by atoms with Crippen molar-refractivity contribution in [2.75, 3.05) is 13.2 Å². The van der Waals surface area contributed by atoms with E-state index in [-0.39, 0.29) is 12.4 Å². The third kappa shape index (κ3) is 4.99. The quantitative estimate of drug-likeness (QED) is 0.815. The van der Waals surface area contributed by atoms with E-state index in [0.29, 0.717) is 18.8 Å². The highest BCUT2D eigenvalue weighted by atomic mass is 19.1. The number of hydrogen-bond acceptors (Lipinski definition) is 3. The number of nitrogens with one attached hydrogen (secondary N) is 1. The SMILES string of the molecule is O[C@H](CNCc1ccccc1)COc1ccc(F)cc1. The van der Waals surface area contributed by atoms with E-state index in [1.165, 1.54) is 17.7 Å². The number of aliphatic hydroxyl groups excluding tert-OH is 1. The number of hydrogen-bond donors (Lipinski definition) is 2. The molecule has 2 N–H and O–H groups in total. The van der Waals surface area contributed by atoms with Crippen LogP contribution in [0.25, 0.3) is 0 Å². The third-order valence-electron chi connectivity index (χ3n) is 2.81. The second-order valence-electron chi connectivity index (χ2n) is 4.54. The molecule has 0 saturated heterocycles. The van der Waals surface area contributed by atoms with Gasteiger partial charge in [-0.3, -0.25) is 0 Å². The molecule has 2 aromatic rings. The van der Waals surface area contributed by atoms with Crippen LogP contribution in [0.5, 0.6) is 5.75 Å². The summed E-state index contributed by atoms with van der Waals surface area (Å²) in [7, 11) is 0. The lowest BCUT2D eigenvalue weighted by atomic mass is 10.2. The van der Waals surface area contributed by atoms with Crippen molar-refractivity contribution < 1.29 is 14.2 Å². The first-order valence-electron chi connectivity index (χ1n) is 6.55. The summed E-state index contributed by atoms with van der Waals surface area (Å²) in [4.78, 5) is 0. The van der Waals surface area contributed by atoms with Gasteiger partial charge in [0, 0.05) is 13.1 Å². The zero-order valence-corrected chi connectivity index (χ0v) is 11.1. The standard InChI is InChI=1S/C16H18FNO2/c17-14-6-8-16(9-7-14)20-12-15(19)11-18-10-13-4-2-1-3-5-13/h1-9,15,18-19H,10-12H2/t15-/m1/s1. The normalized spacial score (nSPS) is 12.1. The Hall–Kier alpha value is -1.91. The van der Waals surface area contributed by atoms with Crippen LogP contribution >= 0.6 is 0 Å². The Morgan fingerprint density at radius 1 is 1.05 bits per heavy atom. The van der Waals surface area contributed by atoms with Gasteiger partial charge >= 0.3 is 0 Å². The summed E-state index contributed by atoms with van der Waals surface area (Å²) in [6.45, 7) is 1.32. The smallest absolute Gasteiger partial charge is 0.123 e. The summed E-state index contributed by atoms with van der Waals surface area (Å²) < 4.78 is 18.1. The number of aliphatic hydroxyl groups is 1. The van der Waals surface area contributed by atoms with Gasteiger partial charge in [0.15, 0.2) is 0 Å². The molecule has 3 nitrogen and oxygen atoms in total. The van der Waals surface area contributed by atoms with Crippen LogP contribution in [-0.2, 0) is 6.54 Å². The van der Waals surface area contributed by atoms with Crippen LogP contribution in [-0.4, -0.2) is 24.4 Å². The molecule has 0 aliphatic heterocycles. The highest BCUT2D eigenvalue weighted by Crippen LogP contribution is 2.11. The molecule has 106 valence electrons. The molecule has 0 fully saturated rings. The zero-order valence-electron chi connectivity index (χ0n) is 11.1. The van der Waals surface area contributed by atoms with E-state index in [0.717, 1.165) is 0 Å². The molecule has 2 aromatic carbocycles. The van der Waals surface area contributed by atoms with E-state index in [4.69, 9.17) is 4.74 Å². The number of halogens is 1. The van der Waals surface area contributed by atoms with Gasteiger partial charge in [0.25, 0.3) is 0 Å². The van der Waals surface area contributed by atoms with E-state index in [1.54, 1.807) is 12.1 Å². The first kappa shape index (κ1) is 14.5. The molecule has 0 amide bonds. The van der Waals surface area contributed by atoms with Gasteiger partial charge in [0.05, 0.1) is 0 Å². The van der Waals surface area contributed by atoms with Crippen LogP contribution in [0.2, 0.25) is 0 Å². The summed E-state index contributed by atoms with van der Waals surface area (Å²) >= 11 is 0. The van der Waals surface area contributed by atoms with Gasteiger partial charge < -0.3 is 15.2 Å². The lowest BCUT2D eigenvalue weighted by Gasteiger charge is -2.13. The molecule has 0 bridgehead atoms. The Bertz CT molecular complexity index is 502. The molecule has 0 radical (unpaired) electrons. The topological polar surface area (TPSA) is 41.5 Å². The van der Waals surface area contributed by atoms with Crippen LogP contribution in [0.1, 0.15) is 5.56 Å². The Labute approximate surface area is 118 Å². The molecule has 1 atom stereocenters. The molecule has 4 heteroatoms. The molecule has 0 saturated carbocycles. The fraction of sp³-hybridized carbons (Fsp3) is 0.250. The van der Waals surface area contributed by atoms with E-state index < -0.39 is 6.10 Å². The summed E-state index contributed by atoms with van der Waals surface area (Å²) in [6, 6.07) is 15.7. The predicted molar refractivity (Wildman–Crippen MR) is 76.1 cm³/mol. The molecule has 2 rings (SSSR count). The summed E-state index contributed by atoms with van der Waals surface area (Å²) in [6.07, 6.45) is -0.608. The van der Waals surface area contributed by atoms with Gasteiger partial charge in [-0.2, -0.15) is 0 Å². The van der Waals surface area contributed by atoms with Gasteiger partial charge in [-0.25, -0.2) is 4.39 Å². The first-order valence-corrected chi connectivity index (χ1v) is 6.55. The fourth-order valence-electron chi connectivity index (χ4n) is 1.76. The van der Waals surface area contributed by atoms with Crippen molar-refractivity contribution in [3.63, 3.8) is 0 Å². The van der Waals surface area contributed by atoms with Crippen LogP contribution < -0.4 is 10.1 Å². The van der Waals surface area contributed by atoms with Crippen molar-refractivity contribution >= 4 is 0 Å². The van der Waals surface area contributed by atoms with Crippen molar-refractivity contribution in [3.8, 4) is 5.75 Å². The molecular weight excluding hydrogens is 257 g/mol. The van der Waals surface area contributed by atoms with Crippen molar-refractivity contribution in [2.24, 2.45) is 0 Å². The van der Waals surface area contributed by atoms with E-state index in [1.807, 2.05) is 30.3 Å². The minimum Gasteiger partial charge on any atom is -0.491 e. The van der Waals surface area contributed by atoms with Gasteiger partial charge in [-0.05, 0) is 29.8 Å².